The van der Waals surface area contributed by atoms with E-state index in [9.17, 15) is 4.79 Å². The van der Waals surface area contributed by atoms with Gasteiger partial charge in [-0.3, -0.25) is 4.79 Å². The highest BCUT2D eigenvalue weighted by atomic mass is 16.7. The minimum Gasteiger partial charge on any atom is -0.372 e. The Kier molecular flexibility index (Phi) is 10.1. The third-order valence-corrected chi connectivity index (χ3v) is 12.3. The van der Waals surface area contributed by atoms with Gasteiger partial charge in [0.15, 0.2) is 6.29 Å². The second-order valence-corrected chi connectivity index (χ2v) is 15.0. The van der Waals surface area contributed by atoms with Crippen LogP contribution in [0.5, 0.6) is 0 Å². The summed E-state index contributed by atoms with van der Waals surface area (Å²) in [4.78, 5) is 11.1. The van der Waals surface area contributed by atoms with E-state index >= 15 is 0 Å². The third-order valence-electron chi connectivity index (χ3n) is 12.3. The first-order valence-electron chi connectivity index (χ1n) is 17.2. The Morgan fingerprint density at radius 1 is 1.16 bits per heavy atom. The number of carbonyl (C=O) groups excluding carboxylic acids is 1. The van der Waals surface area contributed by atoms with E-state index in [-0.39, 0.29) is 17.4 Å². The first-order valence-corrected chi connectivity index (χ1v) is 17.2. The summed E-state index contributed by atoms with van der Waals surface area (Å²) in [5, 5.41) is 0. The molecule has 1 aliphatic heterocycles. The highest BCUT2D eigenvalue weighted by molar-refractivity contribution is 5.67. The zero-order valence-corrected chi connectivity index (χ0v) is 27.7. The highest BCUT2D eigenvalue weighted by Crippen LogP contribution is 2.67. The fourth-order valence-corrected chi connectivity index (χ4v) is 9.88. The van der Waals surface area contributed by atoms with Crippen LogP contribution in [0.15, 0.2) is 48.1 Å². The molecule has 1 heterocycles. The molecule has 4 unspecified atom stereocenters. The normalized spacial score (nSPS) is 40.7. The first-order chi connectivity index (χ1) is 20.6. The molecule has 0 amide bonds. The van der Waals surface area contributed by atoms with Gasteiger partial charge in [-0.2, -0.15) is 0 Å². The fraction of sp³-hybridized carbons (Fsp3) is 0.718. The Balaban J connectivity index is 1.26. The number of ether oxygens (including phenoxy) is 3. The van der Waals surface area contributed by atoms with Crippen molar-refractivity contribution in [1.82, 2.24) is 0 Å². The summed E-state index contributed by atoms with van der Waals surface area (Å²) < 4.78 is 17.6. The van der Waals surface area contributed by atoms with Crippen molar-refractivity contribution in [3.63, 3.8) is 0 Å². The van der Waals surface area contributed by atoms with Crippen LogP contribution in [0.2, 0.25) is 0 Å². The molecule has 0 N–H and O–H groups in total. The quantitative estimate of drug-likeness (QED) is 0.169. The van der Waals surface area contributed by atoms with Crippen molar-refractivity contribution in [3.05, 3.63) is 48.1 Å². The van der Waals surface area contributed by atoms with E-state index in [1.807, 2.05) is 18.2 Å². The van der Waals surface area contributed by atoms with Crippen LogP contribution >= 0.6 is 0 Å². The van der Waals surface area contributed by atoms with E-state index in [0.717, 1.165) is 42.4 Å². The molecule has 43 heavy (non-hydrogen) atoms. The molecule has 236 valence electrons. The van der Waals surface area contributed by atoms with Crippen LogP contribution in [0.3, 0.4) is 0 Å². The second-order valence-electron chi connectivity index (χ2n) is 15.0. The first kappa shape index (κ1) is 32.3. The summed E-state index contributed by atoms with van der Waals surface area (Å²) in [5.41, 5.74) is 4.08. The van der Waals surface area contributed by atoms with Gasteiger partial charge in [0.05, 0.1) is 6.10 Å². The Labute approximate surface area is 261 Å². The van der Waals surface area contributed by atoms with Crippen molar-refractivity contribution in [1.29, 1.82) is 0 Å². The molecule has 5 aliphatic rings. The SMILES string of the molecule is C=C[C@H]1C=CC(O[C@H]2CC[C@@]3(C)C(=CCC4C3CCCC43CC[C@H](/C(C)=C/CCC(C)C)[C@@H]3C)C2)O[C@@H]1C#COC(C)=O. The maximum Gasteiger partial charge on any atom is 0.316 e. The molecule has 0 aromatic heterocycles. The van der Waals surface area contributed by atoms with Gasteiger partial charge in [-0.25, -0.2) is 0 Å². The van der Waals surface area contributed by atoms with Gasteiger partial charge in [-0.15, -0.1) is 6.58 Å². The maximum atomic E-state index is 11.1. The van der Waals surface area contributed by atoms with E-state index in [2.05, 4.69) is 65.4 Å². The smallest absolute Gasteiger partial charge is 0.316 e. The molecule has 3 saturated carbocycles. The van der Waals surface area contributed by atoms with Crippen LogP contribution in [0, 0.1) is 58.4 Å². The van der Waals surface area contributed by atoms with E-state index in [0.29, 0.717) is 5.41 Å². The molecular weight excluding hydrogens is 532 g/mol. The highest BCUT2D eigenvalue weighted by Gasteiger charge is 2.59. The monoisotopic (exact) mass is 588 g/mol. The lowest BCUT2D eigenvalue weighted by molar-refractivity contribution is -0.175. The van der Waals surface area contributed by atoms with E-state index in [1.54, 1.807) is 11.1 Å². The molecule has 0 aromatic rings. The lowest BCUT2D eigenvalue weighted by Crippen LogP contribution is -2.51. The van der Waals surface area contributed by atoms with Crippen molar-refractivity contribution >= 4 is 5.97 Å². The molecular formula is C39H56O4. The largest absolute Gasteiger partial charge is 0.372 e. The standard InChI is InChI=1S/C39H56O4/c1-8-30-14-17-37(43-36(30)20-24-41-29(6)40)42-32-18-22-38(7)31(25-32)15-16-35-34(38)13-10-21-39(35)23-19-33(28(39)5)27(4)12-9-11-26(2)3/h8,12,14-15,17,26,28,30,32-37H,1,9-11,13,16,18-19,21-23,25H2,2-7H3/b27-12+/t28-,30-,32-,33+,34?,35?,36+,37?,38-,39?/m0/s1. The fourth-order valence-electron chi connectivity index (χ4n) is 9.88. The number of fused-ring (bicyclic) bond motifs is 4. The molecule has 4 aliphatic carbocycles. The summed E-state index contributed by atoms with van der Waals surface area (Å²) in [5.74, 6) is 6.35. The predicted molar refractivity (Wildman–Crippen MR) is 174 cm³/mol. The zero-order chi connectivity index (χ0) is 30.8. The van der Waals surface area contributed by atoms with Crippen LogP contribution < -0.4 is 0 Å². The molecule has 4 heteroatoms. The second kappa shape index (κ2) is 13.5. The van der Waals surface area contributed by atoms with Gasteiger partial charge in [0.1, 0.15) is 12.2 Å². The molecule has 3 fully saturated rings. The Hall–Kier alpha value is -2.09. The van der Waals surface area contributed by atoms with E-state index < -0.39 is 18.4 Å². The van der Waals surface area contributed by atoms with E-state index in [4.69, 9.17) is 14.2 Å². The summed E-state index contributed by atoms with van der Waals surface area (Å²) in [6, 6.07) is 0. The average molecular weight is 589 g/mol. The van der Waals surface area contributed by atoms with Gasteiger partial charge < -0.3 is 14.2 Å². The molecule has 10 atom stereocenters. The number of hydrogen-bond acceptors (Lipinski definition) is 4. The van der Waals surface area contributed by atoms with Crippen LogP contribution in [0.25, 0.3) is 0 Å². The lowest BCUT2D eigenvalue weighted by atomic mass is 9.46. The number of esters is 1. The topological polar surface area (TPSA) is 44.8 Å². The van der Waals surface area contributed by atoms with Crippen LogP contribution in [0.1, 0.15) is 112 Å². The molecule has 0 bridgehead atoms. The molecule has 4 nitrogen and oxygen atoms in total. The summed E-state index contributed by atoms with van der Waals surface area (Å²) in [7, 11) is 0. The summed E-state index contributed by atoms with van der Waals surface area (Å²) >= 11 is 0. The van der Waals surface area contributed by atoms with Crippen LogP contribution in [0.4, 0.5) is 0 Å². The number of carbonyl (C=O) groups is 1. The number of allylic oxidation sites excluding steroid dienone is 3. The van der Waals surface area contributed by atoms with Gasteiger partial charge >= 0.3 is 5.97 Å². The van der Waals surface area contributed by atoms with E-state index in [1.165, 1.54) is 64.7 Å². The summed E-state index contributed by atoms with van der Waals surface area (Å²) in [6.45, 7) is 17.6. The zero-order valence-electron chi connectivity index (χ0n) is 27.7. The van der Waals surface area contributed by atoms with Crippen molar-refractivity contribution < 1.29 is 19.0 Å². The molecule has 0 saturated heterocycles. The number of rotatable bonds is 7. The van der Waals surface area contributed by atoms with Crippen molar-refractivity contribution in [3.8, 4) is 12.0 Å². The Morgan fingerprint density at radius 2 is 1.98 bits per heavy atom. The van der Waals surface area contributed by atoms with Gasteiger partial charge in [0.25, 0.3) is 0 Å². The molecule has 5 rings (SSSR count). The van der Waals surface area contributed by atoms with Crippen molar-refractivity contribution in [2.24, 2.45) is 46.3 Å². The molecule has 0 radical (unpaired) electrons. The van der Waals surface area contributed by atoms with Crippen molar-refractivity contribution in [2.45, 2.75) is 131 Å². The van der Waals surface area contributed by atoms with Gasteiger partial charge in [0, 0.05) is 12.8 Å². The third kappa shape index (κ3) is 6.64. The van der Waals surface area contributed by atoms with Gasteiger partial charge in [0.2, 0.25) is 0 Å². The predicted octanol–water partition coefficient (Wildman–Crippen LogP) is 9.33. The van der Waals surface area contributed by atoms with Gasteiger partial charge in [-0.1, -0.05) is 69.6 Å². The maximum absolute atomic E-state index is 11.1. The average Bonchev–Trinajstić information content (AvgIpc) is 3.29. The lowest BCUT2D eigenvalue weighted by Gasteiger charge is -2.59. The van der Waals surface area contributed by atoms with Crippen LogP contribution in [-0.2, 0) is 19.0 Å². The Morgan fingerprint density at radius 3 is 2.72 bits per heavy atom. The van der Waals surface area contributed by atoms with Crippen LogP contribution in [-0.4, -0.2) is 24.5 Å². The Bertz CT molecular complexity index is 1180. The van der Waals surface area contributed by atoms with Gasteiger partial charge in [-0.05, 0) is 124 Å². The minimum atomic E-state index is -0.454. The van der Waals surface area contributed by atoms with Crippen molar-refractivity contribution in [2.75, 3.05) is 0 Å². The minimum absolute atomic E-state index is 0.0638. The number of hydrogen-bond donors (Lipinski definition) is 0. The molecule has 0 aromatic carbocycles. The summed E-state index contributed by atoms with van der Waals surface area (Å²) in [6.07, 6.45) is 26.8. The molecule has 1 spiro atoms.